The van der Waals surface area contributed by atoms with Gasteiger partial charge in [-0.25, -0.2) is 23.6 Å². The van der Waals surface area contributed by atoms with Crippen molar-refractivity contribution in [3.8, 4) is 0 Å². The second kappa shape index (κ2) is 25.6. The molecule has 0 rings (SSSR count). The zero-order chi connectivity index (χ0) is 23.1. The Labute approximate surface area is 238 Å². The van der Waals surface area contributed by atoms with E-state index in [1.54, 1.807) is 23.3 Å². The van der Waals surface area contributed by atoms with Crippen LogP contribution < -0.4 is 0 Å². The summed E-state index contributed by atoms with van der Waals surface area (Å²) in [5, 5.41) is 0. The van der Waals surface area contributed by atoms with E-state index >= 15 is 0 Å². The summed E-state index contributed by atoms with van der Waals surface area (Å²) in [5.74, 6) is 0. The zero-order valence-corrected chi connectivity index (χ0v) is 33.4. The van der Waals surface area contributed by atoms with Crippen molar-refractivity contribution in [2.24, 2.45) is 0 Å². The number of hydrogen-bond acceptors (Lipinski definition) is 0. The third-order valence-corrected chi connectivity index (χ3v) is 8.21. The normalized spacial score (nSPS) is 12.0. The molecule has 0 saturated heterocycles. The molecule has 0 amide bonds. The summed E-state index contributed by atoms with van der Waals surface area (Å²) in [5.41, 5.74) is 4.65. The molecule has 0 unspecified atom stereocenters. The third-order valence-electron chi connectivity index (χ3n) is 3.02. The average molecular weight is 647 g/mol. The third kappa shape index (κ3) is 63.4. The van der Waals surface area contributed by atoms with Gasteiger partial charge in [-0.3, -0.25) is 12.2 Å². The van der Waals surface area contributed by atoms with Crippen LogP contribution in [-0.2, 0) is 23.3 Å². The van der Waals surface area contributed by atoms with Crippen molar-refractivity contribution in [1.82, 2.24) is 0 Å². The van der Waals surface area contributed by atoms with Crippen LogP contribution >= 0.6 is 24.8 Å². The molecule has 0 aromatic heterocycles. The van der Waals surface area contributed by atoms with Crippen LogP contribution in [0.25, 0.3) is 0 Å². The van der Waals surface area contributed by atoms with Gasteiger partial charge in [-0.15, -0.1) is 24.8 Å². The molecule has 0 aromatic carbocycles. The van der Waals surface area contributed by atoms with Crippen LogP contribution in [-0.4, -0.2) is 39.2 Å². The molecule has 32 heavy (non-hydrogen) atoms. The van der Waals surface area contributed by atoms with Crippen molar-refractivity contribution in [3.05, 3.63) is 62.7 Å². The van der Waals surface area contributed by atoms with E-state index in [0.29, 0.717) is 0 Å². The number of hydrogen-bond donors (Lipinski definition) is 0. The summed E-state index contributed by atoms with van der Waals surface area (Å²) in [6, 6.07) is 2.48. The molecule has 0 fully saturated rings. The van der Waals surface area contributed by atoms with Gasteiger partial charge in [0.1, 0.15) is 0 Å². The molecule has 0 nitrogen and oxygen atoms in total. The molecule has 0 aromatic rings. The first-order valence-electron chi connectivity index (χ1n) is 10.3. The van der Waals surface area contributed by atoms with Crippen molar-refractivity contribution in [3.63, 3.8) is 0 Å². The molecular weight excluding hydrogens is 591 g/mol. The van der Waals surface area contributed by atoms with Gasteiger partial charge < -0.3 is 14.9 Å². The first-order chi connectivity index (χ1) is 12.4. The van der Waals surface area contributed by atoms with Crippen LogP contribution in [0, 0.1) is 27.0 Å². The molecule has 0 aliphatic carbocycles. The van der Waals surface area contributed by atoms with Gasteiger partial charge in [0.2, 0.25) is 0 Å². The van der Waals surface area contributed by atoms with Gasteiger partial charge in [-0.1, -0.05) is 90.7 Å². The van der Waals surface area contributed by atoms with E-state index in [0.717, 1.165) is 0 Å². The average Bonchev–Trinajstić information content (AvgIpc) is 2.44. The fourth-order valence-electron chi connectivity index (χ4n) is 1.46. The van der Waals surface area contributed by atoms with Gasteiger partial charge in [0.25, 0.3) is 0 Å². The minimum atomic E-state index is -1.00. The molecule has 0 saturated carbocycles. The van der Waals surface area contributed by atoms with E-state index in [1.807, 2.05) is 6.88 Å². The number of allylic oxidation sites excluding steroid dienone is 6. The Morgan fingerprint density at radius 1 is 0.562 bits per heavy atom. The first kappa shape index (κ1) is 50.4. The maximum absolute atomic E-state index is 3.26. The van der Waals surface area contributed by atoms with E-state index in [4.69, 9.17) is 0 Å². The van der Waals surface area contributed by atoms with Crippen molar-refractivity contribution in [2.45, 2.75) is 90.7 Å². The summed E-state index contributed by atoms with van der Waals surface area (Å²) in [7, 11) is -3.80. The summed E-state index contributed by atoms with van der Waals surface area (Å²) in [6.07, 6.45) is 15.1. The van der Waals surface area contributed by atoms with Crippen molar-refractivity contribution < 1.29 is 23.3 Å². The van der Waals surface area contributed by atoms with Crippen LogP contribution in [0.2, 0.25) is 90.7 Å². The monoisotopic (exact) mass is 644 g/mol. The van der Waals surface area contributed by atoms with E-state index in [9.17, 15) is 0 Å². The fourth-order valence-corrected chi connectivity index (χ4v) is 4.12. The topological polar surface area (TPSA) is 0 Å². The number of halogens is 2. The Morgan fingerprint density at radius 2 is 0.781 bits per heavy atom. The SMILES string of the molecule is C[Si](C)(C)C=C[C-]=CC[Si](C)(C)C.C[Si](C)(C)C=C[C-]=CC[Si](C)(C)C.Cl.Cl.[CH3-].[CH3-].[SiH2]=[Zr]. The Kier molecular flexibility index (Phi) is 40.3. The van der Waals surface area contributed by atoms with Gasteiger partial charge >= 0.3 is 30.2 Å². The Hall–Kier alpha value is 1.51. The van der Waals surface area contributed by atoms with Crippen LogP contribution in [0.4, 0.5) is 0 Å². The van der Waals surface area contributed by atoms with Gasteiger partial charge in [-0.05, 0) is 16.1 Å². The predicted molar refractivity (Wildman–Crippen MR) is 173 cm³/mol. The Balaban J connectivity index is -0.0000000648. The fraction of sp³-hybridized carbons (Fsp3) is 0.583. The molecule has 0 heterocycles. The van der Waals surface area contributed by atoms with Gasteiger partial charge in [0.05, 0.1) is 0 Å². The second-order valence-corrected chi connectivity index (χ2v) is 32.9. The summed E-state index contributed by atoms with van der Waals surface area (Å²) in [4.78, 5) is 0. The van der Waals surface area contributed by atoms with Crippen molar-refractivity contribution in [1.29, 1.82) is 0 Å². The first-order valence-corrected chi connectivity index (χ1v) is 30.8. The van der Waals surface area contributed by atoms with Gasteiger partial charge in [-0.2, -0.15) is 12.2 Å². The molecule has 8 heteroatoms. The molecule has 0 atom stereocenters. The molecule has 0 radical (unpaired) electrons. The standard InChI is InChI=1S/2C11H23Si2.2CH3.2ClH.H2Si.Zr/c2*1-12(2,3)10-8-7-9-11-13(4,5)6;;;;;;/h2*8-10H,11H2,1-6H3;2*1H3;2*1H;1H2;/q4*-1;;;;. The van der Waals surface area contributed by atoms with Gasteiger partial charge in [0, 0.05) is 16.1 Å². The van der Waals surface area contributed by atoms with Crippen molar-refractivity contribution in [2.75, 3.05) is 0 Å². The van der Waals surface area contributed by atoms with Crippen LogP contribution in [0.3, 0.4) is 0 Å². The van der Waals surface area contributed by atoms with Crippen LogP contribution in [0.15, 0.2) is 35.7 Å². The van der Waals surface area contributed by atoms with E-state index < -0.39 is 32.3 Å². The van der Waals surface area contributed by atoms with Crippen LogP contribution in [0.5, 0.6) is 0 Å². The second-order valence-electron chi connectivity index (χ2n) is 11.7. The summed E-state index contributed by atoms with van der Waals surface area (Å²) >= 11 is 1.58. The molecule has 0 spiro atoms. The molecular formula is C24H56Cl2Si5Zr-4. The van der Waals surface area contributed by atoms with Crippen molar-refractivity contribution >= 4 is 64.0 Å². The van der Waals surface area contributed by atoms with E-state index in [1.165, 1.54) is 12.1 Å². The quantitative estimate of drug-likeness (QED) is 0.140. The molecule has 194 valence electrons. The number of rotatable bonds is 8. The Morgan fingerprint density at radius 3 is 0.938 bits per heavy atom. The molecule has 0 aliphatic heterocycles. The molecule has 0 bridgehead atoms. The van der Waals surface area contributed by atoms with Gasteiger partial charge in [0.15, 0.2) is 0 Å². The van der Waals surface area contributed by atoms with Crippen LogP contribution in [0.1, 0.15) is 0 Å². The predicted octanol–water partition coefficient (Wildman–Crippen LogP) is 9.06. The molecule has 0 N–H and O–H groups in total. The summed E-state index contributed by atoms with van der Waals surface area (Å²) in [6.45, 7) is 30.3. The minimum absolute atomic E-state index is 0. The zero-order valence-electron chi connectivity index (χ0n) is 23.9. The molecule has 0 aliphatic rings. The summed E-state index contributed by atoms with van der Waals surface area (Å²) < 4.78 is 0. The van der Waals surface area contributed by atoms with E-state index in [-0.39, 0.29) is 39.7 Å². The Bertz CT molecular complexity index is 458. The van der Waals surface area contributed by atoms with E-state index in [2.05, 4.69) is 126 Å². The maximum atomic E-state index is 3.26.